The molecule has 4 aliphatic rings. The molecule has 4 bridgehead atoms. The molecule has 0 aromatic rings. The lowest BCUT2D eigenvalue weighted by atomic mass is 9.51. The van der Waals surface area contributed by atoms with E-state index in [0.717, 1.165) is 48.5 Å². The molecular formula is C16H26BrNO. The Hall–Kier alpha value is -0.0500. The summed E-state index contributed by atoms with van der Waals surface area (Å²) < 4.78 is 0. The fourth-order valence-corrected chi connectivity index (χ4v) is 5.67. The van der Waals surface area contributed by atoms with Crippen LogP contribution in [0.25, 0.3) is 0 Å². The van der Waals surface area contributed by atoms with Crippen molar-refractivity contribution in [2.75, 3.05) is 18.4 Å². The molecule has 0 aromatic carbocycles. The minimum absolute atomic E-state index is 0.374. The number of rotatable bonds is 5. The Morgan fingerprint density at radius 1 is 1.05 bits per heavy atom. The van der Waals surface area contributed by atoms with Crippen LogP contribution in [0.1, 0.15) is 45.4 Å². The zero-order valence-corrected chi connectivity index (χ0v) is 13.6. The molecular weight excluding hydrogens is 302 g/mol. The number of carbonyl (C=O) groups is 1. The molecule has 4 fully saturated rings. The molecule has 4 rings (SSSR count). The number of carbonyl (C=O) groups excluding carboxylic acids is 1. The van der Waals surface area contributed by atoms with Crippen LogP contribution in [0.5, 0.6) is 0 Å². The first-order chi connectivity index (χ1) is 9.22. The number of halogens is 1. The van der Waals surface area contributed by atoms with Gasteiger partial charge in [0.25, 0.3) is 0 Å². The number of hydrogen-bond acceptors (Lipinski definition) is 1. The summed E-state index contributed by atoms with van der Waals surface area (Å²) in [6, 6.07) is 0. The summed E-state index contributed by atoms with van der Waals surface area (Å²) in [7, 11) is 0. The van der Waals surface area contributed by atoms with E-state index in [4.69, 9.17) is 0 Å². The topological polar surface area (TPSA) is 20.3 Å². The van der Waals surface area contributed by atoms with Gasteiger partial charge in [0.05, 0.1) is 0 Å². The molecule has 0 aromatic heterocycles. The van der Waals surface area contributed by atoms with Crippen molar-refractivity contribution in [3.63, 3.8) is 0 Å². The Labute approximate surface area is 125 Å². The highest BCUT2D eigenvalue weighted by Crippen LogP contribution is 2.56. The maximum Gasteiger partial charge on any atom is 0.226 e. The molecule has 2 nitrogen and oxygen atoms in total. The zero-order chi connectivity index (χ0) is 13.4. The molecule has 0 unspecified atom stereocenters. The number of alkyl halides is 1. The van der Waals surface area contributed by atoms with Gasteiger partial charge in [-0.25, -0.2) is 0 Å². The summed E-state index contributed by atoms with van der Waals surface area (Å²) in [6.45, 7) is 3.99. The zero-order valence-electron chi connectivity index (χ0n) is 12.0. The van der Waals surface area contributed by atoms with Gasteiger partial charge in [-0.1, -0.05) is 22.9 Å². The summed E-state index contributed by atoms with van der Waals surface area (Å²) in [5.74, 6) is 4.22. The van der Waals surface area contributed by atoms with Crippen molar-refractivity contribution in [2.24, 2.45) is 29.6 Å². The first-order valence-electron chi connectivity index (χ1n) is 8.07. The van der Waals surface area contributed by atoms with Crippen molar-refractivity contribution >= 4 is 21.8 Å². The fraction of sp³-hybridized carbons (Fsp3) is 0.938. The molecule has 0 spiro atoms. The van der Waals surface area contributed by atoms with Gasteiger partial charge in [-0.15, -0.1) is 0 Å². The van der Waals surface area contributed by atoms with Crippen LogP contribution in [0.2, 0.25) is 0 Å². The largest absolute Gasteiger partial charge is 0.342 e. The van der Waals surface area contributed by atoms with E-state index in [1.165, 1.54) is 32.1 Å². The summed E-state index contributed by atoms with van der Waals surface area (Å²) >= 11 is 3.50. The Balaban J connectivity index is 1.72. The smallest absolute Gasteiger partial charge is 0.226 e. The van der Waals surface area contributed by atoms with E-state index in [1.807, 2.05) is 0 Å². The standard InChI is InChI=1S/C16H26BrNO/c1-2-4-18(5-3-17)16(19)15-13-7-11-6-12(9-13)10-14(15)8-11/h11-15H,2-10H2,1H3. The minimum Gasteiger partial charge on any atom is -0.342 e. The molecule has 0 N–H and O–H groups in total. The van der Waals surface area contributed by atoms with Gasteiger partial charge in [0.2, 0.25) is 5.91 Å². The van der Waals surface area contributed by atoms with E-state index in [0.29, 0.717) is 11.8 Å². The third-order valence-electron chi connectivity index (χ3n) is 5.67. The van der Waals surface area contributed by atoms with Gasteiger partial charge < -0.3 is 4.90 Å². The van der Waals surface area contributed by atoms with E-state index in [-0.39, 0.29) is 0 Å². The summed E-state index contributed by atoms with van der Waals surface area (Å²) in [4.78, 5) is 15.0. The van der Waals surface area contributed by atoms with Crippen LogP contribution in [-0.2, 0) is 4.79 Å². The summed E-state index contributed by atoms with van der Waals surface area (Å²) in [6.07, 6.45) is 7.92. The SMILES string of the molecule is CCCN(CCBr)C(=O)C1C2CC3CC(C2)CC1C3. The van der Waals surface area contributed by atoms with E-state index < -0.39 is 0 Å². The number of amides is 1. The lowest BCUT2D eigenvalue weighted by Crippen LogP contribution is -2.52. The highest BCUT2D eigenvalue weighted by atomic mass is 79.9. The van der Waals surface area contributed by atoms with Crippen LogP contribution >= 0.6 is 15.9 Å². The van der Waals surface area contributed by atoms with Crippen molar-refractivity contribution in [1.82, 2.24) is 4.90 Å². The second-order valence-electron chi connectivity index (χ2n) is 6.97. The predicted octanol–water partition coefficient (Wildman–Crippen LogP) is 3.69. The number of hydrogen-bond donors (Lipinski definition) is 0. The van der Waals surface area contributed by atoms with Crippen molar-refractivity contribution in [1.29, 1.82) is 0 Å². The van der Waals surface area contributed by atoms with E-state index in [2.05, 4.69) is 27.8 Å². The summed E-state index contributed by atoms with van der Waals surface area (Å²) in [5.41, 5.74) is 0. The molecule has 4 aliphatic carbocycles. The van der Waals surface area contributed by atoms with Crippen LogP contribution < -0.4 is 0 Å². The van der Waals surface area contributed by atoms with Gasteiger partial charge >= 0.3 is 0 Å². The van der Waals surface area contributed by atoms with Crippen molar-refractivity contribution < 1.29 is 4.79 Å². The quantitative estimate of drug-likeness (QED) is 0.705. The van der Waals surface area contributed by atoms with Crippen LogP contribution in [0, 0.1) is 29.6 Å². The third kappa shape index (κ3) is 2.59. The monoisotopic (exact) mass is 327 g/mol. The average Bonchev–Trinajstić information content (AvgIpc) is 2.37. The summed E-state index contributed by atoms with van der Waals surface area (Å²) in [5, 5.41) is 0.909. The molecule has 0 radical (unpaired) electrons. The molecule has 19 heavy (non-hydrogen) atoms. The first kappa shape index (κ1) is 13.9. The van der Waals surface area contributed by atoms with Gasteiger partial charge in [0.1, 0.15) is 0 Å². The molecule has 1 amide bonds. The molecule has 3 heteroatoms. The fourth-order valence-electron chi connectivity index (χ4n) is 5.24. The van der Waals surface area contributed by atoms with Gasteiger partial charge in [-0.2, -0.15) is 0 Å². The Kier molecular flexibility index (Phi) is 4.21. The van der Waals surface area contributed by atoms with Gasteiger partial charge in [0, 0.05) is 24.3 Å². The highest BCUT2D eigenvalue weighted by molar-refractivity contribution is 9.09. The van der Waals surface area contributed by atoms with Crippen molar-refractivity contribution in [3.8, 4) is 0 Å². The first-order valence-corrected chi connectivity index (χ1v) is 9.19. The van der Waals surface area contributed by atoms with Crippen LogP contribution in [-0.4, -0.2) is 29.2 Å². The van der Waals surface area contributed by atoms with Crippen molar-refractivity contribution in [2.45, 2.75) is 45.4 Å². The Bertz CT molecular complexity index is 310. The molecule has 108 valence electrons. The molecule has 0 aliphatic heterocycles. The number of nitrogens with zero attached hydrogens (tertiary/aromatic N) is 1. The second kappa shape index (κ2) is 5.75. The van der Waals surface area contributed by atoms with E-state index in [1.54, 1.807) is 0 Å². The maximum atomic E-state index is 12.9. The van der Waals surface area contributed by atoms with Gasteiger partial charge in [0.15, 0.2) is 0 Å². The highest BCUT2D eigenvalue weighted by Gasteiger charge is 2.51. The maximum absolute atomic E-state index is 12.9. The lowest BCUT2D eigenvalue weighted by Gasteiger charge is -2.54. The average molecular weight is 328 g/mol. The molecule has 0 heterocycles. The Morgan fingerprint density at radius 3 is 2.11 bits per heavy atom. The van der Waals surface area contributed by atoms with Crippen LogP contribution in [0.15, 0.2) is 0 Å². The van der Waals surface area contributed by atoms with E-state index in [9.17, 15) is 4.79 Å². The minimum atomic E-state index is 0.374. The van der Waals surface area contributed by atoms with Crippen LogP contribution in [0.3, 0.4) is 0 Å². The normalized spacial score (nSPS) is 39.6. The Morgan fingerprint density at radius 2 is 1.63 bits per heavy atom. The second-order valence-corrected chi connectivity index (χ2v) is 7.76. The van der Waals surface area contributed by atoms with Gasteiger partial charge in [-0.3, -0.25) is 4.79 Å². The predicted molar refractivity (Wildman–Crippen MR) is 81.2 cm³/mol. The van der Waals surface area contributed by atoms with Crippen molar-refractivity contribution in [3.05, 3.63) is 0 Å². The molecule has 0 saturated heterocycles. The van der Waals surface area contributed by atoms with E-state index >= 15 is 0 Å². The molecule has 4 saturated carbocycles. The van der Waals surface area contributed by atoms with Gasteiger partial charge in [-0.05, 0) is 62.2 Å². The molecule has 0 atom stereocenters. The van der Waals surface area contributed by atoms with Crippen LogP contribution in [0.4, 0.5) is 0 Å². The third-order valence-corrected chi connectivity index (χ3v) is 6.03. The lowest BCUT2D eigenvalue weighted by molar-refractivity contribution is -0.148.